The van der Waals surface area contributed by atoms with Gasteiger partial charge in [-0.05, 0) is 36.8 Å². The minimum Gasteiger partial charge on any atom is -0.408 e. The van der Waals surface area contributed by atoms with Crippen LogP contribution in [-0.2, 0) is 11.3 Å². The molecule has 24 heavy (non-hydrogen) atoms. The number of nitrogens with zero attached hydrogens (tertiary/aromatic N) is 1. The number of fused-ring (bicyclic) bond motifs is 1. The average Bonchev–Trinajstić information content (AvgIpc) is 2.88. The van der Waals surface area contributed by atoms with E-state index >= 15 is 0 Å². The van der Waals surface area contributed by atoms with Crippen molar-refractivity contribution in [3.63, 3.8) is 0 Å². The lowest BCUT2D eigenvalue weighted by atomic mass is 10.1. The summed E-state index contributed by atoms with van der Waals surface area (Å²) in [5.74, 6) is -0.983. The molecule has 0 saturated carbocycles. The fourth-order valence-electron chi connectivity index (χ4n) is 2.59. The Labute approximate surface area is 137 Å². The second kappa shape index (κ2) is 6.70. The molecule has 2 aromatic carbocycles. The zero-order chi connectivity index (χ0) is 17.1. The Kier molecular flexibility index (Phi) is 4.46. The molecule has 0 unspecified atom stereocenters. The molecule has 3 rings (SSSR count). The zero-order valence-corrected chi connectivity index (χ0v) is 13.2. The Bertz CT molecular complexity index is 912. The van der Waals surface area contributed by atoms with Crippen LogP contribution in [0.2, 0.25) is 0 Å². The van der Waals surface area contributed by atoms with Crippen LogP contribution in [0.4, 0.5) is 4.39 Å². The molecule has 1 atom stereocenters. The number of oxazole rings is 1. The van der Waals surface area contributed by atoms with Crippen LogP contribution in [0.25, 0.3) is 11.1 Å². The molecule has 0 aliphatic carbocycles. The molecule has 1 N–H and O–H groups in total. The van der Waals surface area contributed by atoms with Crippen LogP contribution < -0.4 is 11.1 Å². The molecule has 1 amide bonds. The second-order valence-electron chi connectivity index (χ2n) is 5.58. The van der Waals surface area contributed by atoms with Gasteiger partial charge in [0.2, 0.25) is 5.91 Å². The van der Waals surface area contributed by atoms with Crippen molar-refractivity contribution >= 4 is 17.0 Å². The number of carbonyl (C=O) groups excluding carboxylic acids is 1. The summed E-state index contributed by atoms with van der Waals surface area (Å²) < 4.78 is 19.5. The molecule has 0 aliphatic rings. The van der Waals surface area contributed by atoms with E-state index in [4.69, 9.17) is 4.42 Å². The third kappa shape index (κ3) is 3.37. The number of rotatable bonds is 5. The lowest BCUT2D eigenvalue weighted by Crippen LogP contribution is -2.28. The summed E-state index contributed by atoms with van der Waals surface area (Å²) in [6, 6.07) is 12.8. The molecule has 0 saturated heterocycles. The lowest BCUT2D eigenvalue weighted by molar-refractivity contribution is -0.121. The van der Waals surface area contributed by atoms with Crippen molar-refractivity contribution in [1.82, 2.24) is 9.88 Å². The lowest BCUT2D eigenvalue weighted by Gasteiger charge is -2.14. The van der Waals surface area contributed by atoms with Gasteiger partial charge in [-0.15, -0.1) is 0 Å². The molecular formula is C18H17FN2O3. The van der Waals surface area contributed by atoms with Gasteiger partial charge in [-0.25, -0.2) is 9.18 Å². The van der Waals surface area contributed by atoms with E-state index in [2.05, 4.69) is 5.32 Å². The van der Waals surface area contributed by atoms with E-state index in [-0.39, 0.29) is 30.7 Å². The summed E-state index contributed by atoms with van der Waals surface area (Å²) in [7, 11) is 0. The van der Waals surface area contributed by atoms with Crippen molar-refractivity contribution in [1.29, 1.82) is 0 Å². The number of nitrogens with one attached hydrogen (secondary N) is 1. The number of benzene rings is 2. The van der Waals surface area contributed by atoms with Crippen molar-refractivity contribution in [2.45, 2.75) is 25.9 Å². The monoisotopic (exact) mass is 328 g/mol. The molecule has 0 spiro atoms. The highest BCUT2D eigenvalue weighted by Gasteiger charge is 2.13. The normalized spacial score (nSPS) is 12.2. The van der Waals surface area contributed by atoms with Crippen molar-refractivity contribution in [2.75, 3.05) is 0 Å². The quantitative estimate of drug-likeness (QED) is 0.783. The summed E-state index contributed by atoms with van der Waals surface area (Å²) in [4.78, 5) is 24.0. The zero-order valence-electron chi connectivity index (χ0n) is 13.2. The fourth-order valence-corrected chi connectivity index (χ4v) is 2.59. The van der Waals surface area contributed by atoms with E-state index in [9.17, 15) is 14.0 Å². The molecule has 1 heterocycles. The second-order valence-corrected chi connectivity index (χ2v) is 5.58. The minimum absolute atomic E-state index is 0.148. The van der Waals surface area contributed by atoms with Gasteiger partial charge in [0.1, 0.15) is 5.82 Å². The van der Waals surface area contributed by atoms with E-state index in [1.165, 1.54) is 16.7 Å². The first-order chi connectivity index (χ1) is 11.5. The first-order valence-corrected chi connectivity index (χ1v) is 7.68. The summed E-state index contributed by atoms with van der Waals surface area (Å²) in [5, 5.41) is 2.84. The summed E-state index contributed by atoms with van der Waals surface area (Å²) in [6.07, 6.45) is 0.148. The van der Waals surface area contributed by atoms with Crippen LogP contribution >= 0.6 is 0 Å². The smallest absolute Gasteiger partial charge is 0.408 e. The molecule has 1 aromatic heterocycles. The predicted molar refractivity (Wildman–Crippen MR) is 88.0 cm³/mol. The molecule has 124 valence electrons. The Hall–Kier alpha value is -2.89. The Morgan fingerprint density at radius 2 is 1.92 bits per heavy atom. The summed E-state index contributed by atoms with van der Waals surface area (Å²) >= 11 is 0. The van der Waals surface area contributed by atoms with Crippen LogP contribution in [0, 0.1) is 5.82 Å². The van der Waals surface area contributed by atoms with Gasteiger partial charge in [0.05, 0.1) is 11.6 Å². The average molecular weight is 328 g/mol. The van der Waals surface area contributed by atoms with Gasteiger partial charge in [-0.2, -0.15) is 0 Å². The van der Waals surface area contributed by atoms with Crippen LogP contribution in [0.5, 0.6) is 0 Å². The van der Waals surface area contributed by atoms with Crippen LogP contribution in [0.15, 0.2) is 57.7 Å². The Balaban J connectivity index is 1.64. The first-order valence-electron chi connectivity index (χ1n) is 7.68. The minimum atomic E-state index is -0.476. The number of hydrogen-bond acceptors (Lipinski definition) is 3. The van der Waals surface area contributed by atoms with E-state index < -0.39 is 5.76 Å². The molecule has 3 aromatic rings. The highest BCUT2D eigenvalue weighted by molar-refractivity contribution is 5.77. The maximum Gasteiger partial charge on any atom is 0.419 e. The number of para-hydroxylation sites is 2. The van der Waals surface area contributed by atoms with Gasteiger partial charge in [0, 0.05) is 13.0 Å². The van der Waals surface area contributed by atoms with E-state index in [1.54, 1.807) is 30.3 Å². The topological polar surface area (TPSA) is 64.2 Å². The fraction of sp³-hybridized carbons (Fsp3) is 0.222. The third-order valence-electron chi connectivity index (χ3n) is 3.88. The van der Waals surface area contributed by atoms with Crippen molar-refractivity contribution in [2.24, 2.45) is 0 Å². The van der Waals surface area contributed by atoms with Gasteiger partial charge in [0.15, 0.2) is 5.58 Å². The van der Waals surface area contributed by atoms with Gasteiger partial charge < -0.3 is 9.73 Å². The standard InChI is InChI=1S/C18H17FN2O3/c1-12(13-6-8-14(19)9-7-13)20-17(22)10-11-21-15-4-2-3-5-16(15)24-18(21)23/h2-9,12H,10-11H2,1H3,(H,20,22)/t12-/m0/s1. The Morgan fingerprint density at radius 3 is 2.67 bits per heavy atom. The third-order valence-corrected chi connectivity index (χ3v) is 3.88. The molecule has 0 bridgehead atoms. The van der Waals surface area contributed by atoms with Crippen LogP contribution in [0.3, 0.4) is 0 Å². The molecular weight excluding hydrogens is 311 g/mol. The molecule has 0 aliphatic heterocycles. The van der Waals surface area contributed by atoms with E-state index in [0.29, 0.717) is 11.1 Å². The number of carbonyl (C=O) groups is 1. The van der Waals surface area contributed by atoms with Crippen molar-refractivity contribution in [3.8, 4) is 0 Å². The maximum absolute atomic E-state index is 12.9. The molecule has 0 fully saturated rings. The number of aryl methyl sites for hydroxylation is 1. The van der Waals surface area contributed by atoms with Crippen molar-refractivity contribution < 1.29 is 13.6 Å². The number of amides is 1. The van der Waals surface area contributed by atoms with Gasteiger partial charge >= 0.3 is 5.76 Å². The summed E-state index contributed by atoms with van der Waals surface area (Å²) in [5.41, 5.74) is 1.99. The number of aromatic nitrogens is 1. The van der Waals surface area contributed by atoms with Gasteiger partial charge in [-0.1, -0.05) is 24.3 Å². The highest BCUT2D eigenvalue weighted by atomic mass is 19.1. The highest BCUT2D eigenvalue weighted by Crippen LogP contribution is 2.14. The molecule has 0 radical (unpaired) electrons. The maximum atomic E-state index is 12.9. The van der Waals surface area contributed by atoms with Gasteiger partial charge in [-0.3, -0.25) is 9.36 Å². The Morgan fingerprint density at radius 1 is 1.21 bits per heavy atom. The SMILES string of the molecule is C[C@H](NC(=O)CCn1c(=O)oc2ccccc21)c1ccc(F)cc1. The predicted octanol–water partition coefficient (Wildman–Crippen LogP) is 3.00. The van der Waals surface area contributed by atoms with Crippen LogP contribution in [-0.4, -0.2) is 10.5 Å². The van der Waals surface area contributed by atoms with E-state index in [1.807, 2.05) is 13.0 Å². The van der Waals surface area contributed by atoms with E-state index in [0.717, 1.165) is 5.56 Å². The number of hydrogen-bond donors (Lipinski definition) is 1. The van der Waals surface area contributed by atoms with Crippen LogP contribution in [0.1, 0.15) is 24.9 Å². The molecule has 6 heteroatoms. The summed E-state index contributed by atoms with van der Waals surface area (Å²) in [6.45, 7) is 2.06. The largest absolute Gasteiger partial charge is 0.419 e. The van der Waals surface area contributed by atoms with Gasteiger partial charge in [0.25, 0.3) is 0 Å². The van der Waals surface area contributed by atoms with Crippen molar-refractivity contribution in [3.05, 3.63) is 70.5 Å². The molecule has 5 nitrogen and oxygen atoms in total. The number of halogens is 1. The first kappa shape index (κ1) is 16.0.